The lowest BCUT2D eigenvalue weighted by Crippen LogP contribution is -2.29. The first kappa shape index (κ1) is 15.2. The van der Waals surface area contributed by atoms with Crippen LogP contribution in [0, 0.1) is 10.1 Å². The van der Waals surface area contributed by atoms with Crippen LogP contribution in [0.4, 0.5) is 5.69 Å². The molecule has 4 nitrogen and oxygen atoms in total. The highest BCUT2D eigenvalue weighted by Gasteiger charge is 2.34. The van der Waals surface area contributed by atoms with E-state index in [2.05, 4.69) is 13.8 Å². The summed E-state index contributed by atoms with van der Waals surface area (Å²) in [5.41, 5.74) is 3.30. The SMILES string of the molecule is CC1(C)CC(=Cc2ccc([N+](=O)[O-])cc2)C(=O)c2ccccc21. The molecular formula is C19H17NO3. The molecular weight excluding hydrogens is 290 g/mol. The number of carbonyl (C=O) groups excluding carboxylic acids is 1. The molecule has 1 aliphatic rings. The molecule has 0 fully saturated rings. The van der Waals surface area contributed by atoms with E-state index in [1.807, 2.05) is 30.3 Å². The van der Waals surface area contributed by atoms with E-state index >= 15 is 0 Å². The van der Waals surface area contributed by atoms with Crippen LogP contribution in [0.3, 0.4) is 0 Å². The highest BCUT2D eigenvalue weighted by molar-refractivity contribution is 6.13. The number of nitrogens with zero attached hydrogens (tertiary/aromatic N) is 1. The number of hydrogen-bond donors (Lipinski definition) is 0. The standard InChI is InChI=1S/C19H17NO3/c1-19(2)12-14(18(21)16-5-3-4-6-17(16)19)11-13-7-9-15(10-8-13)20(22)23/h3-11H,12H2,1-2H3. The van der Waals surface area contributed by atoms with Crippen molar-refractivity contribution in [2.45, 2.75) is 25.7 Å². The van der Waals surface area contributed by atoms with Crippen molar-refractivity contribution >= 4 is 17.5 Å². The number of allylic oxidation sites excluding steroid dienone is 1. The van der Waals surface area contributed by atoms with Crippen molar-refractivity contribution < 1.29 is 9.72 Å². The zero-order valence-electron chi connectivity index (χ0n) is 13.1. The molecule has 3 rings (SSSR count). The van der Waals surface area contributed by atoms with Gasteiger partial charge in [0.2, 0.25) is 0 Å². The molecule has 0 radical (unpaired) electrons. The van der Waals surface area contributed by atoms with Crippen molar-refractivity contribution in [3.63, 3.8) is 0 Å². The van der Waals surface area contributed by atoms with Crippen molar-refractivity contribution in [3.8, 4) is 0 Å². The molecule has 0 unspecified atom stereocenters. The molecule has 0 N–H and O–H groups in total. The Morgan fingerprint density at radius 1 is 1.09 bits per heavy atom. The molecule has 2 aromatic rings. The van der Waals surface area contributed by atoms with Crippen LogP contribution in [0.25, 0.3) is 6.08 Å². The maximum absolute atomic E-state index is 12.7. The number of benzene rings is 2. The Morgan fingerprint density at radius 2 is 1.74 bits per heavy atom. The summed E-state index contributed by atoms with van der Waals surface area (Å²) in [6.45, 7) is 4.25. The number of nitro benzene ring substituents is 1. The third kappa shape index (κ3) is 2.80. The van der Waals surface area contributed by atoms with E-state index in [1.165, 1.54) is 12.1 Å². The molecule has 4 heteroatoms. The fourth-order valence-electron chi connectivity index (χ4n) is 3.11. The molecule has 0 heterocycles. The molecule has 0 aromatic heterocycles. The maximum atomic E-state index is 12.7. The van der Waals surface area contributed by atoms with E-state index in [4.69, 9.17) is 0 Å². The fourth-order valence-corrected chi connectivity index (χ4v) is 3.11. The zero-order valence-corrected chi connectivity index (χ0v) is 13.1. The van der Waals surface area contributed by atoms with Gasteiger partial charge in [-0.1, -0.05) is 38.1 Å². The summed E-state index contributed by atoms with van der Waals surface area (Å²) >= 11 is 0. The first-order valence-electron chi connectivity index (χ1n) is 7.48. The van der Waals surface area contributed by atoms with Gasteiger partial charge in [-0.15, -0.1) is 0 Å². The Balaban J connectivity index is 2.01. The van der Waals surface area contributed by atoms with Crippen molar-refractivity contribution in [1.29, 1.82) is 0 Å². The molecule has 0 bridgehead atoms. The molecule has 23 heavy (non-hydrogen) atoms. The Bertz CT molecular complexity index is 817. The lowest BCUT2D eigenvalue weighted by atomic mass is 9.70. The van der Waals surface area contributed by atoms with Gasteiger partial charge in [-0.05, 0) is 41.2 Å². The summed E-state index contributed by atoms with van der Waals surface area (Å²) in [6, 6.07) is 14.0. The van der Waals surface area contributed by atoms with Crippen LogP contribution < -0.4 is 0 Å². The molecule has 0 atom stereocenters. The summed E-state index contributed by atoms with van der Waals surface area (Å²) in [5, 5.41) is 10.7. The molecule has 2 aromatic carbocycles. The predicted octanol–water partition coefficient (Wildman–Crippen LogP) is 4.54. The van der Waals surface area contributed by atoms with Gasteiger partial charge in [0.05, 0.1) is 4.92 Å². The van der Waals surface area contributed by atoms with Crippen molar-refractivity contribution in [2.24, 2.45) is 0 Å². The third-order valence-corrected chi connectivity index (χ3v) is 4.27. The van der Waals surface area contributed by atoms with E-state index in [1.54, 1.807) is 12.1 Å². The number of non-ortho nitro benzene ring substituents is 1. The minimum Gasteiger partial charge on any atom is -0.289 e. The van der Waals surface area contributed by atoms with E-state index < -0.39 is 4.92 Å². The predicted molar refractivity (Wildman–Crippen MR) is 89.5 cm³/mol. The van der Waals surface area contributed by atoms with Gasteiger partial charge in [0, 0.05) is 23.3 Å². The maximum Gasteiger partial charge on any atom is 0.269 e. The normalized spacial score (nSPS) is 17.8. The Labute approximate surface area is 134 Å². The monoisotopic (exact) mass is 307 g/mol. The number of carbonyl (C=O) groups is 1. The molecule has 0 aliphatic heterocycles. The minimum atomic E-state index is -0.429. The summed E-state index contributed by atoms with van der Waals surface area (Å²) in [5.74, 6) is 0.0401. The first-order valence-corrected chi connectivity index (χ1v) is 7.48. The number of ketones is 1. The van der Waals surface area contributed by atoms with Crippen molar-refractivity contribution in [2.75, 3.05) is 0 Å². The quantitative estimate of drug-likeness (QED) is 0.465. The Morgan fingerprint density at radius 3 is 2.39 bits per heavy atom. The molecule has 1 aliphatic carbocycles. The van der Waals surface area contributed by atoms with Gasteiger partial charge >= 0.3 is 0 Å². The van der Waals surface area contributed by atoms with Gasteiger partial charge in [0.25, 0.3) is 5.69 Å². The molecule has 116 valence electrons. The molecule has 0 saturated carbocycles. The zero-order chi connectivity index (χ0) is 16.6. The van der Waals surface area contributed by atoms with Crippen LogP contribution in [0.1, 0.15) is 41.8 Å². The van der Waals surface area contributed by atoms with Crippen LogP contribution in [-0.4, -0.2) is 10.7 Å². The van der Waals surface area contributed by atoms with Gasteiger partial charge in [0.15, 0.2) is 5.78 Å². The number of rotatable bonds is 2. The van der Waals surface area contributed by atoms with Gasteiger partial charge < -0.3 is 0 Å². The smallest absolute Gasteiger partial charge is 0.269 e. The fraction of sp³-hybridized carbons (Fsp3) is 0.211. The van der Waals surface area contributed by atoms with E-state index in [-0.39, 0.29) is 16.9 Å². The summed E-state index contributed by atoms with van der Waals surface area (Å²) < 4.78 is 0. The topological polar surface area (TPSA) is 60.2 Å². The Hall–Kier alpha value is -2.75. The second-order valence-corrected chi connectivity index (χ2v) is 6.45. The summed E-state index contributed by atoms with van der Waals surface area (Å²) in [4.78, 5) is 23.0. The van der Waals surface area contributed by atoms with Crippen LogP contribution in [0.5, 0.6) is 0 Å². The second kappa shape index (κ2) is 5.47. The number of hydrogen-bond acceptors (Lipinski definition) is 3. The summed E-state index contributed by atoms with van der Waals surface area (Å²) in [7, 11) is 0. The average molecular weight is 307 g/mol. The first-order chi connectivity index (χ1) is 10.9. The second-order valence-electron chi connectivity index (χ2n) is 6.45. The van der Waals surface area contributed by atoms with Gasteiger partial charge in [-0.25, -0.2) is 0 Å². The average Bonchev–Trinajstić information content (AvgIpc) is 2.53. The van der Waals surface area contributed by atoms with Crippen LogP contribution in [-0.2, 0) is 5.41 Å². The van der Waals surface area contributed by atoms with E-state index in [0.29, 0.717) is 6.42 Å². The lowest BCUT2D eigenvalue weighted by molar-refractivity contribution is -0.384. The largest absolute Gasteiger partial charge is 0.289 e. The molecule has 0 saturated heterocycles. The Kier molecular flexibility index (Phi) is 3.60. The van der Waals surface area contributed by atoms with E-state index in [0.717, 1.165) is 22.3 Å². The number of Topliss-reactive ketones (excluding diaryl/α,β-unsaturated/α-hetero) is 1. The minimum absolute atomic E-state index is 0.0401. The summed E-state index contributed by atoms with van der Waals surface area (Å²) in [6.07, 6.45) is 2.49. The number of fused-ring (bicyclic) bond motifs is 1. The highest BCUT2D eigenvalue weighted by Crippen LogP contribution is 2.39. The highest BCUT2D eigenvalue weighted by atomic mass is 16.6. The van der Waals surface area contributed by atoms with Crippen LogP contribution in [0.15, 0.2) is 54.1 Å². The number of nitro groups is 1. The lowest BCUT2D eigenvalue weighted by Gasteiger charge is -2.33. The van der Waals surface area contributed by atoms with E-state index in [9.17, 15) is 14.9 Å². The molecule has 0 amide bonds. The van der Waals surface area contributed by atoms with Crippen LogP contribution in [0.2, 0.25) is 0 Å². The van der Waals surface area contributed by atoms with Crippen molar-refractivity contribution in [1.82, 2.24) is 0 Å². The van der Waals surface area contributed by atoms with Crippen LogP contribution >= 0.6 is 0 Å². The third-order valence-electron chi connectivity index (χ3n) is 4.27. The molecule has 0 spiro atoms. The van der Waals surface area contributed by atoms with Crippen molar-refractivity contribution in [3.05, 3.63) is 80.9 Å². The van der Waals surface area contributed by atoms with Gasteiger partial charge in [-0.3, -0.25) is 14.9 Å². The van der Waals surface area contributed by atoms with Gasteiger partial charge in [-0.2, -0.15) is 0 Å². The van der Waals surface area contributed by atoms with Gasteiger partial charge in [0.1, 0.15) is 0 Å².